The highest BCUT2D eigenvalue weighted by molar-refractivity contribution is 6.31. The predicted molar refractivity (Wildman–Crippen MR) is 73.0 cm³/mol. The van der Waals surface area contributed by atoms with E-state index in [0.29, 0.717) is 5.02 Å². The third-order valence-electron chi connectivity index (χ3n) is 3.57. The fourth-order valence-corrected chi connectivity index (χ4v) is 2.64. The van der Waals surface area contributed by atoms with Gasteiger partial charge in [-0.05, 0) is 36.2 Å². The smallest absolute Gasteiger partial charge is 0.239 e. The number of hydrogen-bond acceptors (Lipinski definition) is 1. The lowest BCUT2D eigenvalue weighted by Gasteiger charge is -2.22. The summed E-state index contributed by atoms with van der Waals surface area (Å²) in [5.74, 6) is -0.00836. The van der Waals surface area contributed by atoms with Crippen LogP contribution >= 0.6 is 11.6 Å². The van der Waals surface area contributed by atoms with Gasteiger partial charge in [-0.1, -0.05) is 41.9 Å². The molecule has 3 heteroatoms. The molecule has 0 spiro atoms. The van der Waals surface area contributed by atoms with Crippen LogP contribution in [0.1, 0.15) is 18.1 Å². The lowest BCUT2D eigenvalue weighted by atomic mass is 9.77. The van der Waals surface area contributed by atoms with Crippen molar-refractivity contribution < 1.29 is 4.79 Å². The maximum atomic E-state index is 12.3. The van der Waals surface area contributed by atoms with Crippen LogP contribution in [0.5, 0.6) is 0 Å². The summed E-state index contributed by atoms with van der Waals surface area (Å²) in [6, 6.07) is 15.3. The van der Waals surface area contributed by atoms with Crippen molar-refractivity contribution in [3.8, 4) is 0 Å². The van der Waals surface area contributed by atoms with E-state index in [1.165, 1.54) is 0 Å². The molecule has 90 valence electrons. The Labute approximate surface area is 111 Å². The zero-order chi connectivity index (χ0) is 12.8. The number of anilines is 1. The number of fused-ring (bicyclic) bond motifs is 1. The van der Waals surface area contributed by atoms with Crippen LogP contribution in [0.4, 0.5) is 5.69 Å². The van der Waals surface area contributed by atoms with Gasteiger partial charge in [0, 0.05) is 10.7 Å². The summed E-state index contributed by atoms with van der Waals surface area (Å²) < 4.78 is 0. The van der Waals surface area contributed by atoms with E-state index in [9.17, 15) is 4.79 Å². The highest BCUT2D eigenvalue weighted by Gasteiger charge is 2.44. The van der Waals surface area contributed by atoms with Gasteiger partial charge in [0.25, 0.3) is 0 Å². The molecular formula is C15H12ClNO. The summed E-state index contributed by atoms with van der Waals surface area (Å²) in [6.45, 7) is 1.93. The molecule has 1 aliphatic heterocycles. The first kappa shape index (κ1) is 11.3. The minimum absolute atomic E-state index is 0.00836. The second kappa shape index (κ2) is 3.85. The average molecular weight is 258 g/mol. The van der Waals surface area contributed by atoms with Crippen molar-refractivity contribution in [2.24, 2.45) is 0 Å². The van der Waals surface area contributed by atoms with Gasteiger partial charge in [-0.25, -0.2) is 0 Å². The Morgan fingerprint density at radius 3 is 2.56 bits per heavy atom. The molecule has 0 aliphatic carbocycles. The predicted octanol–water partition coefficient (Wildman–Crippen LogP) is 3.60. The molecule has 2 nitrogen and oxygen atoms in total. The molecule has 1 aliphatic rings. The summed E-state index contributed by atoms with van der Waals surface area (Å²) in [5, 5.41) is 3.56. The maximum absolute atomic E-state index is 12.3. The van der Waals surface area contributed by atoms with E-state index in [2.05, 4.69) is 5.32 Å². The third-order valence-corrected chi connectivity index (χ3v) is 3.81. The van der Waals surface area contributed by atoms with E-state index in [0.717, 1.165) is 16.8 Å². The first-order valence-electron chi connectivity index (χ1n) is 5.79. The average Bonchev–Trinajstić information content (AvgIpc) is 2.64. The van der Waals surface area contributed by atoms with Crippen LogP contribution in [0.25, 0.3) is 0 Å². The standard InChI is InChI=1S/C15H12ClNO/c1-15(10-5-3-2-4-6-10)12-9-11(16)7-8-13(12)17-14(15)18/h2-9H,1H3,(H,17,18). The van der Waals surface area contributed by atoms with Gasteiger partial charge in [0.1, 0.15) is 0 Å². The quantitative estimate of drug-likeness (QED) is 0.831. The molecule has 1 atom stereocenters. The molecule has 0 saturated carbocycles. The number of carbonyl (C=O) groups excluding carboxylic acids is 1. The van der Waals surface area contributed by atoms with Crippen molar-refractivity contribution in [2.75, 3.05) is 5.32 Å². The van der Waals surface area contributed by atoms with Gasteiger partial charge < -0.3 is 5.32 Å². The molecule has 1 amide bonds. The summed E-state index contributed by atoms with van der Waals surface area (Å²) >= 11 is 6.05. The first-order valence-corrected chi connectivity index (χ1v) is 6.17. The normalized spacial score (nSPS) is 21.6. The monoisotopic (exact) mass is 257 g/mol. The summed E-state index contributed by atoms with van der Waals surface area (Å²) in [6.07, 6.45) is 0. The second-order valence-corrected chi connectivity index (χ2v) is 5.07. The number of nitrogens with one attached hydrogen (secondary N) is 1. The van der Waals surface area contributed by atoms with Gasteiger partial charge in [-0.3, -0.25) is 4.79 Å². The van der Waals surface area contributed by atoms with Crippen molar-refractivity contribution in [2.45, 2.75) is 12.3 Å². The van der Waals surface area contributed by atoms with E-state index >= 15 is 0 Å². The highest BCUT2D eigenvalue weighted by atomic mass is 35.5. The molecule has 0 radical (unpaired) electrons. The van der Waals surface area contributed by atoms with Gasteiger partial charge in [-0.15, -0.1) is 0 Å². The Hall–Kier alpha value is -1.80. The van der Waals surface area contributed by atoms with Crippen LogP contribution in [0.15, 0.2) is 48.5 Å². The number of hydrogen-bond donors (Lipinski definition) is 1. The van der Waals surface area contributed by atoms with Gasteiger partial charge in [0.15, 0.2) is 0 Å². The molecule has 2 aromatic carbocycles. The van der Waals surface area contributed by atoms with Crippen LogP contribution < -0.4 is 5.32 Å². The van der Waals surface area contributed by atoms with Gasteiger partial charge >= 0.3 is 0 Å². The largest absolute Gasteiger partial charge is 0.325 e. The van der Waals surface area contributed by atoms with E-state index in [-0.39, 0.29) is 5.91 Å². The van der Waals surface area contributed by atoms with Crippen molar-refractivity contribution >= 4 is 23.2 Å². The van der Waals surface area contributed by atoms with Crippen LogP contribution in [0.3, 0.4) is 0 Å². The molecule has 1 N–H and O–H groups in total. The number of benzene rings is 2. The van der Waals surface area contributed by atoms with Gasteiger partial charge in [0.05, 0.1) is 5.41 Å². The molecule has 2 aromatic rings. The maximum Gasteiger partial charge on any atom is 0.239 e. The molecule has 1 heterocycles. The fraction of sp³-hybridized carbons (Fsp3) is 0.133. The Morgan fingerprint density at radius 2 is 1.83 bits per heavy atom. The Morgan fingerprint density at radius 1 is 1.11 bits per heavy atom. The van der Waals surface area contributed by atoms with Crippen molar-refractivity contribution in [3.63, 3.8) is 0 Å². The molecule has 0 bridgehead atoms. The summed E-state index contributed by atoms with van der Waals surface area (Å²) in [5.41, 5.74) is 2.09. The first-order chi connectivity index (χ1) is 8.62. The topological polar surface area (TPSA) is 29.1 Å². The van der Waals surface area contributed by atoms with Crippen molar-refractivity contribution in [1.82, 2.24) is 0 Å². The minimum atomic E-state index is -0.665. The van der Waals surface area contributed by atoms with E-state index in [1.54, 1.807) is 6.07 Å². The summed E-state index contributed by atoms with van der Waals surface area (Å²) in [4.78, 5) is 12.3. The molecule has 0 aromatic heterocycles. The Bertz CT molecular complexity index is 624. The molecule has 0 fully saturated rings. The van der Waals surface area contributed by atoms with Crippen LogP contribution in [-0.4, -0.2) is 5.91 Å². The summed E-state index contributed by atoms with van der Waals surface area (Å²) in [7, 11) is 0. The molecule has 3 rings (SSSR count). The van der Waals surface area contributed by atoms with Crippen molar-refractivity contribution in [1.29, 1.82) is 0 Å². The lowest BCUT2D eigenvalue weighted by Crippen LogP contribution is -2.32. The van der Waals surface area contributed by atoms with E-state index in [1.807, 2.05) is 49.4 Å². The highest BCUT2D eigenvalue weighted by Crippen LogP contribution is 2.43. The van der Waals surface area contributed by atoms with Gasteiger partial charge in [0.2, 0.25) is 5.91 Å². The molecular weight excluding hydrogens is 246 g/mol. The Kier molecular flexibility index (Phi) is 2.42. The molecule has 1 unspecified atom stereocenters. The van der Waals surface area contributed by atoms with E-state index in [4.69, 9.17) is 11.6 Å². The number of halogens is 1. The van der Waals surface area contributed by atoms with Crippen LogP contribution in [0, 0.1) is 0 Å². The van der Waals surface area contributed by atoms with E-state index < -0.39 is 5.41 Å². The van der Waals surface area contributed by atoms with Gasteiger partial charge in [-0.2, -0.15) is 0 Å². The molecule has 18 heavy (non-hydrogen) atoms. The third kappa shape index (κ3) is 1.46. The zero-order valence-electron chi connectivity index (χ0n) is 9.91. The van der Waals surface area contributed by atoms with Crippen LogP contribution in [0.2, 0.25) is 5.02 Å². The number of rotatable bonds is 1. The number of amides is 1. The minimum Gasteiger partial charge on any atom is -0.325 e. The number of carbonyl (C=O) groups is 1. The zero-order valence-corrected chi connectivity index (χ0v) is 10.7. The fourth-order valence-electron chi connectivity index (χ4n) is 2.47. The lowest BCUT2D eigenvalue weighted by molar-refractivity contribution is -0.119. The SMILES string of the molecule is CC1(c2ccccc2)C(=O)Nc2ccc(Cl)cc21. The van der Waals surface area contributed by atoms with Crippen LogP contribution in [-0.2, 0) is 10.2 Å². The Balaban J connectivity index is 2.25. The second-order valence-electron chi connectivity index (χ2n) is 4.64. The molecule has 0 saturated heterocycles. The van der Waals surface area contributed by atoms with Crippen molar-refractivity contribution in [3.05, 3.63) is 64.7 Å².